The van der Waals surface area contributed by atoms with Crippen LogP contribution in [0.25, 0.3) is 0 Å². The number of hydrogen-bond donors (Lipinski definition) is 3. The second-order valence-corrected chi connectivity index (χ2v) is 5.08. The van der Waals surface area contributed by atoms with Gasteiger partial charge in [0.05, 0.1) is 7.11 Å². The first kappa shape index (κ1) is 14.5. The number of carbonyl (C=O) groups is 1. The van der Waals surface area contributed by atoms with Crippen molar-refractivity contribution in [2.45, 2.75) is 19.4 Å². The Bertz CT molecular complexity index is 556. The number of oxime groups is 1. The van der Waals surface area contributed by atoms with Crippen LogP contribution in [0.4, 0.5) is 0 Å². The average molecular weight is 298 g/mol. The van der Waals surface area contributed by atoms with Crippen LogP contribution in [-0.2, 0) is 11.3 Å². The highest BCUT2D eigenvalue weighted by Crippen LogP contribution is 2.46. The molecule has 0 spiro atoms. The molecule has 1 fully saturated rings. The maximum Gasteiger partial charge on any atom is 0.234 e. The van der Waals surface area contributed by atoms with E-state index in [2.05, 4.69) is 10.5 Å². The van der Waals surface area contributed by atoms with E-state index in [-0.39, 0.29) is 18.3 Å². The molecule has 1 aliphatic carbocycles. The Morgan fingerprint density at radius 3 is 2.85 bits per heavy atom. The Morgan fingerprint density at radius 1 is 1.60 bits per heavy atom. The van der Waals surface area contributed by atoms with Gasteiger partial charge in [0.15, 0.2) is 5.84 Å². The van der Waals surface area contributed by atoms with Crippen LogP contribution in [0.5, 0.6) is 5.75 Å². The molecule has 0 bridgehead atoms. The Labute approximate surface area is 121 Å². The minimum absolute atomic E-state index is 0.0545. The smallest absolute Gasteiger partial charge is 0.234 e. The molecule has 1 aliphatic rings. The van der Waals surface area contributed by atoms with Crippen LogP contribution in [0.3, 0.4) is 0 Å². The van der Waals surface area contributed by atoms with E-state index in [1.165, 1.54) is 7.11 Å². The third kappa shape index (κ3) is 2.51. The minimum Gasteiger partial charge on any atom is -0.496 e. The molecular formula is C13H16ClN3O3. The van der Waals surface area contributed by atoms with Gasteiger partial charge in [-0.15, -0.1) is 0 Å². The third-order valence-electron chi connectivity index (χ3n) is 3.50. The summed E-state index contributed by atoms with van der Waals surface area (Å²) in [5, 5.41) is 14.9. The van der Waals surface area contributed by atoms with Crippen molar-refractivity contribution in [3.8, 4) is 5.75 Å². The van der Waals surface area contributed by atoms with Gasteiger partial charge < -0.3 is 21.0 Å². The van der Waals surface area contributed by atoms with Gasteiger partial charge in [0.2, 0.25) is 5.91 Å². The van der Waals surface area contributed by atoms with Crippen molar-refractivity contribution in [1.29, 1.82) is 0 Å². The van der Waals surface area contributed by atoms with Crippen LogP contribution < -0.4 is 15.8 Å². The highest BCUT2D eigenvalue weighted by molar-refractivity contribution is 6.31. The second-order valence-electron chi connectivity index (χ2n) is 4.67. The Morgan fingerprint density at radius 2 is 2.30 bits per heavy atom. The number of carbonyl (C=O) groups excluding carboxylic acids is 1. The zero-order chi connectivity index (χ0) is 14.8. The lowest BCUT2D eigenvalue weighted by Crippen LogP contribution is -2.40. The summed E-state index contributed by atoms with van der Waals surface area (Å²) in [7, 11) is 1.54. The minimum atomic E-state index is -0.872. The molecule has 0 radical (unpaired) electrons. The van der Waals surface area contributed by atoms with Gasteiger partial charge in [-0.3, -0.25) is 4.79 Å². The molecule has 1 saturated carbocycles. The number of ether oxygens (including phenoxy) is 1. The molecule has 4 N–H and O–H groups in total. The number of nitrogens with one attached hydrogen (secondary N) is 1. The maximum atomic E-state index is 12.1. The summed E-state index contributed by atoms with van der Waals surface area (Å²) in [6.45, 7) is 0.224. The third-order valence-corrected chi connectivity index (χ3v) is 3.86. The first-order valence-corrected chi connectivity index (χ1v) is 6.50. The molecular weight excluding hydrogens is 282 g/mol. The zero-order valence-electron chi connectivity index (χ0n) is 11.0. The van der Waals surface area contributed by atoms with Crippen molar-refractivity contribution in [3.63, 3.8) is 0 Å². The van der Waals surface area contributed by atoms with Crippen molar-refractivity contribution < 1.29 is 14.7 Å². The van der Waals surface area contributed by atoms with Crippen molar-refractivity contribution in [1.82, 2.24) is 5.32 Å². The summed E-state index contributed by atoms with van der Waals surface area (Å²) in [4.78, 5) is 12.1. The van der Waals surface area contributed by atoms with Crippen LogP contribution >= 0.6 is 11.6 Å². The van der Waals surface area contributed by atoms with Gasteiger partial charge in [-0.25, -0.2) is 0 Å². The van der Waals surface area contributed by atoms with E-state index in [1.807, 2.05) is 0 Å². The van der Waals surface area contributed by atoms with Crippen molar-refractivity contribution in [3.05, 3.63) is 28.8 Å². The van der Waals surface area contributed by atoms with Crippen molar-refractivity contribution in [2.75, 3.05) is 7.11 Å². The molecule has 1 amide bonds. The molecule has 2 rings (SSSR count). The van der Waals surface area contributed by atoms with Gasteiger partial charge in [0.25, 0.3) is 0 Å². The fourth-order valence-corrected chi connectivity index (χ4v) is 2.29. The fourth-order valence-electron chi connectivity index (χ4n) is 2.06. The topological polar surface area (TPSA) is 96.9 Å². The number of amides is 1. The van der Waals surface area contributed by atoms with Gasteiger partial charge in [-0.1, -0.05) is 22.8 Å². The molecule has 20 heavy (non-hydrogen) atoms. The van der Waals surface area contributed by atoms with E-state index in [9.17, 15) is 4.79 Å². The van der Waals surface area contributed by atoms with Crippen LogP contribution in [0.1, 0.15) is 18.4 Å². The van der Waals surface area contributed by atoms with Crippen molar-refractivity contribution >= 4 is 23.3 Å². The number of nitrogens with zero attached hydrogens (tertiary/aromatic N) is 1. The van der Waals surface area contributed by atoms with Gasteiger partial charge in [-0.05, 0) is 25.0 Å². The highest BCUT2D eigenvalue weighted by atomic mass is 35.5. The van der Waals surface area contributed by atoms with E-state index in [0.29, 0.717) is 29.2 Å². The molecule has 6 nitrogen and oxygen atoms in total. The normalized spacial score (nSPS) is 16.6. The second kappa shape index (κ2) is 5.58. The summed E-state index contributed by atoms with van der Waals surface area (Å²) in [6, 6.07) is 5.26. The molecule has 1 aromatic rings. The molecule has 0 aliphatic heterocycles. The molecule has 108 valence electrons. The predicted molar refractivity (Wildman–Crippen MR) is 74.9 cm³/mol. The Balaban J connectivity index is 2.09. The lowest BCUT2D eigenvalue weighted by molar-refractivity contribution is -0.124. The van der Waals surface area contributed by atoms with Crippen LogP contribution in [-0.4, -0.2) is 24.1 Å². The lowest BCUT2D eigenvalue weighted by Gasteiger charge is -2.15. The van der Waals surface area contributed by atoms with Gasteiger partial charge >= 0.3 is 0 Å². The Hall–Kier alpha value is -1.95. The van der Waals surface area contributed by atoms with E-state index in [0.717, 1.165) is 0 Å². The zero-order valence-corrected chi connectivity index (χ0v) is 11.8. The number of rotatable bonds is 5. The van der Waals surface area contributed by atoms with Crippen LogP contribution in [0.15, 0.2) is 23.4 Å². The quantitative estimate of drug-likeness (QED) is 0.332. The number of methoxy groups -OCH3 is 1. The molecule has 1 aromatic carbocycles. The summed E-state index contributed by atoms with van der Waals surface area (Å²) in [6.07, 6.45) is 1.16. The Kier molecular flexibility index (Phi) is 4.04. The van der Waals surface area contributed by atoms with E-state index in [4.69, 9.17) is 27.3 Å². The number of hydrogen-bond acceptors (Lipinski definition) is 4. The van der Waals surface area contributed by atoms with Gasteiger partial charge in [0, 0.05) is 17.1 Å². The van der Waals surface area contributed by atoms with Gasteiger partial charge in [0.1, 0.15) is 11.2 Å². The number of halogens is 1. The first-order chi connectivity index (χ1) is 9.55. The highest BCUT2D eigenvalue weighted by Gasteiger charge is 2.54. The van der Waals surface area contributed by atoms with E-state index in [1.54, 1.807) is 18.2 Å². The molecule has 7 heteroatoms. The van der Waals surface area contributed by atoms with Gasteiger partial charge in [-0.2, -0.15) is 0 Å². The SMILES string of the molecule is COc1cccc(Cl)c1CNC(=O)C1(/C(N)=N/O)CC1. The average Bonchev–Trinajstić information content (AvgIpc) is 3.26. The lowest BCUT2D eigenvalue weighted by atomic mass is 10.0. The van der Waals surface area contributed by atoms with E-state index >= 15 is 0 Å². The first-order valence-electron chi connectivity index (χ1n) is 6.13. The molecule has 0 aromatic heterocycles. The van der Waals surface area contributed by atoms with E-state index < -0.39 is 5.41 Å². The van der Waals surface area contributed by atoms with Crippen molar-refractivity contribution in [2.24, 2.45) is 16.3 Å². The summed E-state index contributed by atoms with van der Waals surface area (Å²) >= 11 is 6.09. The molecule has 0 atom stereocenters. The number of benzene rings is 1. The predicted octanol–water partition coefficient (Wildman–Crippen LogP) is 1.49. The number of amidine groups is 1. The molecule has 0 heterocycles. The summed E-state index contributed by atoms with van der Waals surface area (Å²) < 4.78 is 5.20. The molecule has 0 saturated heterocycles. The molecule has 0 unspecified atom stereocenters. The maximum absolute atomic E-state index is 12.1. The monoisotopic (exact) mass is 297 g/mol. The van der Waals surface area contributed by atoms with Crippen LogP contribution in [0.2, 0.25) is 5.02 Å². The fraction of sp³-hybridized carbons (Fsp3) is 0.385. The number of nitrogens with two attached hydrogens (primary N) is 1. The summed E-state index contributed by atoms with van der Waals surface area (Å²) in [5.74, 6) is 0.280. The largest absolute Gasteiger partial charge is 0.496 e. The standard InChI is InChI=1S/C13H16ClN3O3/c1-20-10-4-2-3-9(14)8(10)7-16-12(18)13(5-6-13)11(15)17-19/h2-4,19H,5-7H2,1H3,(H2,15,17)(H,16,18). The van der Waals surface area contributed by atoms with Crippen LogP contribution in [0, 0.1) is 5.41 Å². The summed E-state index contributed by atoms with van der Waals surface area (Å²) in [5.41, 5.74) is 5.38.